The highest BCUT2D eigenvalue weighted by Gasteiger charge is 2.27. The lowest BCUT2D eigenvalue weighted by atomic mass is 10.0. The Hall–Kier alpha value is -3.15. The summed E-state index contributed by atoms with van der Waals surface area (Å²) in [4.78, 5) is 29.0. The minimum Gasteiger partial charge on any atom is -0.493 e. The van der Waals surface area contributed by atoms with E-state index in [-0.39, 0.29) is 11.8 Å². The maximum Gasteiger partial charge on any atom is 0.334 e. The number of carbonyl (C=O) groups is 2. The highest BCUT2D eigenvalue weighted by atomic mass is 16.6. The number of allylic oxidation sites excluding steroid dienone is 1. The number of methoxy groups -OCH3 is 1. The molecule has 142 valence electrons. The standard InChI is InChI=1S/C21H24N2O4/c1-5-7-15-9-10-17(18(12-15)26-4)27-21(25)19(14(2)3)23-20(24)16-8-6-11-22-13-16/h5-6,8-14,19H,1,7H2,2-4H3,(H,23,24). The van der Waals surface area contributed by atoms with E-state index in [0.717, 1.165) is 5.56 Å². The molecule has 1 heterocycles. The van der Waals surface area contributed by atoms with Crippen molar-refractivity contribution < 1.29 is 19.1 Å². The highest BCUT2D eigenvalue weighted by Crippen LogP contribution is 2.29. The van der Waals surface area contributed by atoms with E-state index in [0.29, 0.717) is 23.5 Å². The zero-order valence-corrected chi connectivity index (χ0v) is 15.8. The normalized spacial score (nSPS) is 11.6. The van der Waals surface area contributed by atoms with Crippen LogP contribution in [0.5, 0.6) is 11.5 Å². The molecule has 0 saturated carbocycles. The van der Waals surface area contributed by atoms with Crippen LogP contribution in [0.25, 0.3) is 0 Å². The molecule has 0 bridgehead atoms. The summed E-state index contributed by atoms with van der Waals surface area (Å²) in [6, 6.07) is 7.79. The van der Waals surface area contributed by atoms with Gasteiger partial charge in [-0.3, -0.25) is 9.78 Å². The SMILES string of the molecule is C=CCc1ccc(OC(=O)C(NC(=O)c2cccnc2)C(C)C)c(OC)c1. The van der Waals surface area contributed by atoms with Gasteiger partial charge >= 0.3 is 5.97 Å². The number of rotatable bonds is 8. The predicted octanol–water partition coefficient (Wildman–Crippen LogP) is 3.18. The average molecular weight is 368 g/mol. The second-order valence-electron chi connectivity index (χ2n) is 6.34. The van der Waals surface area contributed by atoms with Crippen LogP contribution in [0.15, 0.2) is 55.4 Å². The van der Waals surface area contributed by atoms with Crippen LogP contribution in [0.4, 0.5) is 0 Å². The second kappa shape index (κ2) is 9.52. The Kier molecular flexibility index (Phi) is 7.11. The second-order valence-corrected chi connectivity index (χ2v) is 6.34. The topological polar surface area (TPSA) is 77.5 Å². The molecule has 0 aliphatic heterocycles. The van der Waals surface area contributed by atoms with Gasteiger partial charge in [-0.25, -0.2) is 4.79 Å². The molecule has 1 amide bonds. The van der Waals surface area contributed by atoms with Crippen LogP contribution < -0.4 is 14.8 Å². The van der Waals surface area contributed by atoms with Gasteiger partial charge in [0.25, 0.3) is 5.91 Å². The number of amides is 1. The van der Waals surface area contributed by atoms with Crippen molar-refractivity contribution in [2.75, 3.05) is 7.11 Å². The average Bonchev–Trinajstić information content (AvgIpc) is 2.67. The monoisotopic (exact) mass is 368 g/mol. The quantitative estimate of drug-likeness (QED) is 0.440. The van der Waals surface area contributed by atoms with E-state index in [1.54, 1.807) is 36.5 Å². The van der Waals surface area contributed by atoms with Crippen LogP contribution in [-0.2, 0) is 11.2 Å². The van der Waals surface area contributed by atoms with Gasteiger partial charge in [-0.2, -0.15) is 0 Å². The number of ether oxygens (including phenoxy) is 2. The molecule has 1 aromatic heterocycles. The largest absolute Gasteiger partial charge is 0.493 e. The van der Waals surface area contributed by atoms with Gasteiger partial charge in [0, 0.05) is 12.4 Å². The van der Waals surface area contributed by atoms with Gasteiger partial charge in [0.05, 0.1) is 12.7 Å². The number of carbonyl (C=O) groups excluding carboxylic acids is 2. The number of nitrogens with zero attached hydrogens (tertiary/aromatic N) is 1. The number of hydrogen-bond acceptors (Lipinski definition) is 5. The molecule has 6 heteroatoms. The summed E-state index contributed by atoms with van der Waals surface area (Å²) in [7, 11) is 1.51. The summed E-state index contributed by atoms with van der Waals surface area (Å²) in [5, 5.41) is 2.71. The first-order valence-electron chi connectivity index (χ1n) is 8.66. The zero-order chi connectivity index (χ0) is 19.8. The first-order chi connectivity index (χ1) is 13.0. The van der Waals surface area contributed by atoms with Gasteiger partial charge in [-0.15, -0.1) is 6.58 Å². The minimum absolute atomic E-state index is 0.163. The van der Waals surface area contributed by atoms with Gasteiger partial charge in [0.2, 0.25) is 0 Å². The zero-order valence-electron chi connectivity index (χ0n) is 15.8. The molecule has 0 spiro atoms. The number of nitrogens with one attached hydrogen (secondary N) is 1. The summed E-state index contributed by atoms with van der Waals surface area (Å²) >= 11 is 0. The van der Waals surface area contributed by atoms with Gasteiger partial charge in [0.1, 0.15) is 6.04 Å². The Balaban J connectivity index is 2.15. The smallest absolute Gasteiger partial charge is 0.334 e. The molecule has 0 saturated heterocycles. The molecule has 2 aromatic rings. The van der Waals surface area contributed by atoms with Crippen LogP contribution >= 0.6 is 0 Å². The van der Waals surface area contributed by atoms with E-state index < -0.39 is 12.0 Å². The predicted molar refractivity (Wildman–Crippen MR) is 103 cm³/mol. The first-order valence-corrected chi connectivity index (χ1v) is 8.66. The summed E-state index contributed by atoms with van der Waals surface area (Å²) in [6.45, 7) is 7.37. The van der Waals surface area contributed by atoms with E-state index >= 15 is 0 Å². The van der Waals surface area contributed by atoms with Crippen LogP contribution in [0.3, 0.4) is 0 Å². The van der Waals surface area contributed by atoms with Crippen molar-refractivity contribution in [3.63, 3.8) is 0 Å². The molecule has 0 aliphatic rings. The highest BCUT2D eigenvalue weighted by molar-refractivity contribution is 5.96. The van der Waals surface area contributed by atoms with E-state index in [1.165, 1.54) is 13.3 Å². The van der Waals surface area contributed by atoms with Gasteiger partial charge < -0.3 is 14.8 Å². The molecule has 1 atom stereocenters. The Morgan fingerprint density at radius 1 is 1.26 bits per heavy atom. The van der Waals surface area contributed by atoms with E-state index in [1.807, 2.05) is 19.9 Å². The van der Waals surface area contributed by atoms with E-state index in [2.05, 4.69) is 16.9 Å². The molecule has 1 unspecified atom stereocenters. The molecule has 6 nitrogen and oxygen atoms in total. The molecule has 1 N–H and O–H groups in total. The maximum atomic E-state index is 12.7. The molecule has 1 aromatic carbocycles. The lowest BCUT2D eigenvalue weighted by Gasteiger charge is -2.21. The fourth-order valence-corrected chi connectivity index (χ4v) is 2.48. The van der Waals surface area contributed by atoms with Crippen LogP contribution in [0, 0.1) is 5.92 Å². The van der Waals surface area contributed by atoms with Crippen molar-refractivity contribution in [1.29, 1.82) is 0 Å². The van der Waals surface area contributed by atoms with Crippen LogP contribution in [-0.4, -0.2) is 30.0 Å². The summed E-state index contributed by atoms with van der Waals surface area (Å²) in [6.07, 6.45) is 5.48. The van der Waals surface area contributed by atoms with Crippen molar-refractivity contribution >= 4 is 11.9 Å². The third-order valence-corrected chi connectivity index (χ3v) is 3.95. The third-order valence-electron chi connectivity index (χ3n) is 3.95. The maximum absolute atomic E-state index is 12.7. The fraction of sp³-hybridized carbons (Fsp3) is 0.286. The number of pyridine rings is 1. The van der Waals surface area contributed by atoms with Crippen molar-refractivity contribution in [2.45, 2.75) is 26.3 Å². The summed E-state index contributed by atoms with van der Waals surface area (Å²) in [5.41, 5.74) is 1.37. The molecule has 0 fully saturated rings. The Bertz CT molecular complexity index is 803. The van der Waals surface area contributed by atoms with Gasteiger partial charge in [0.15, 0.2) is 11.5 Å². The number of esters is 1. The lowest BCUT2D eigenvalue weighted by molar-refractivity contribution is -0.137. The van der Waals surface area contributed by atoms with Crippen LogP contribution in [0.1, 0.15) is 29.8 Å². The Labute approximate surface area is 159 Å². The first kappa shape index (κ1) is 20.2. The molecule has 0 radical (unpaired) electrons. The molecule has 27 heavy (non-hydrogen) atoms. The Morgan fingerprint density at radius 2 is 2.04 bits per heavy atom. The van der Waals surface area contributed by atoms with Gasteiger partial charge in [-0.05, 0) is 42.2 Å². The van der Waals surface area contributed by atoms with E-state index in [9.17, 15) is 9.59 Å². The van der Waals surface area contributed by atoms with Gasteiger partial charge in [-0.1, -0.05) is 26.0 Å². The number of aromatic nitrogens is 1. The van der Waals surface area contributed by atoms with Crippen molar-refractivity contribution in [3.8, 4) is 11.5 Å². The van der Waals surface area contributed by atoms with E-state index in [4.69, 9.17) is 9.47 Å². The van der Waals surface area contributed by atoms with Crippen molar-refractivity contribution in [2.24, 2.45) is 5.92 Å². The minimum atomic E-state index is -0.810. The summed E-state index contributed by atoms with van der Waals surface area (Å²) in [5.74, 6) is -0.353. The number of hydrogen-bond donors (Lipinski definition) is 1. The lowest BCUT2D eigenvalue weighted by Crippen LogP contribution is -2.46. The third kappa shape index (κ3) is 5.41. The number of benzene rings is 1. The van der Waals surface area contributed by atoms with Crippen molar-refractivity contribution in [1.82, 2.24) is 10.3 Å². The molecular weight excluding hydrogens is 344 g/mol. The Morgan fingerprint density at radius 3 is 2.63 bits per heavy atom. The van der Waals surface area contributed by atoms with Crippen LogP contribution in [0.2, 0.25) is 0 Å². The molecular formula is C21H24N2O4. The summed E-state index contributed by atoms with van der Waals surface area (Å²) < 4.78 is 10.8. The fourth-order valence-electron chi connectivity index (χ4n) is 2.48. The van der Waals surface area contributed by atoms with Crippen molar-refractivity contribution in [3.05, 3.63) is 66.5 Å². The molecule has 2 rings (SSSR count). The molecule has 0 aliphatic carbocycles.